The van der Waals surface area contributed by atoms with E-state index < -0.39 is 0 Å². The predicted octanol–water partition coefficient (Wildman–Crippen LogP) is 1.54. The first-order valence-electron chi connectivity index (χ1n) is 6.40. The number of nitrogens with zero attached hydrogens (tertiary/aromatic N) is 3. The first-order chi connectivity index (χ1) is 9.20. The van der Waals surface area contributed by atoms with Crippen LogP contribution >= 0.6 is 0 Å². The van der Waals surface area contributed by atoms with Crippen LogP contribution in [0.3, 0.4) is 0 Å². The van der Waals surface area contributed by atoms with Crippen LogP contribution in [-0.4, -0.2) is 14.1 Å². The average Bonchev–Trinajstić information content (AvgIpc) is 2.43. The van der Waals surface area contributed by atoms with E-state index in [1.807, 2.05) is 19.9 Å². The molecule has 5 heteroatoms. The Morgan fingerprint density at radius 2 is 2.11 bits per heavy atom. The Kier molecular flexibility index (Phi) is 3.94. The summed E-state index contributed by atoms with van der Waals surface area (Å²) in [5.41, 5.74) is -0.106. The van der Waals surface area contributed by atoms with Crippen molar-refractivity contribution in [2.75, 3.05) is 0 Å². The third kappa shape index (κ3) is 2.36. The van der Waals surface area contributed by atoms with Crippen LogP contribution < -0.4 is 11.2 Å². The Balaban J connectivity index is 2.83. The molecule has 0 atom stereocenters. The van der Waals surface area contributed by atoms with Crippen LogP contribution in [0, 0.1) is 0 Å². The maximum Gasteiger partial charge on any atom is 0.332 e. The highest BCUT2D eigenvalue weighted by Gasteiger charge is 2.12. The lowest BCUT2D eigenvalue weighted by Crippen LogP contribution is -2.40. The van der Waals surface area contributed by atoms with E-state index in [9.17, 15) is 9.59 Å². The molecule has 2 aromatic rings. The third-order valence-electron chi connectivity index (χ3n) is 2.95. The molecule has 0 saturated heterocycles. The summed E-state index contributed by atoms with van der Waals surface area (Å²) in [5.74, 6) is 0. The molecule has 0 aliphatic carbocycles. The molecule has 2 heterocycles. The molecular weight excluding hydrogens is 242 g/mol. The Morgan fingerprint density at radius 1 is 1.32 bits per heavy atom. The summed E-state index contributed by atoms with van der Waals surface area (Å²) < 4.78 is 2.82. The van der Waals surface area contributed by atoms with E-state index in [4.69, 9.17) is 0 Å². The molecule has 0 fully saturated rings. The van der Waals surface area contributed by atoms with Crippen molar-refractivity contribution >= 4 is 11.0 Å². The molecule has 0 unspecified atom stereocenters. The molecule has 0 spiro atoms. The minimum Gasteiger partial charge on any atom is -0.277 e. The van der Waals surface area contributed by atoms with E-state index in [0.29, 0.717) is 24.1 Å². The summed E-state index contributed by atoms with van der Waals surface area (Å²) in [7, 11) is 0. The molecular formula is C14H17N3O2. The molecule has 0 aliphatic heterocycles. The lowest BCUT2D eigenvalue weighted by atomic mass is 10.3. The molecule has 0 saturated carbocycles. The van der Waals surface area contributed by atoms with Crippen molar-refractivity contribution in [3.05, 3.63) is 51.3 Å². The molecule has 0 bridgehead atoms. The van der Waals surface area contributed by atoms with Gasteiger partial charge in [-0.2, -0.15) is 0 Å². The molecule has 0 radical (unpaired) electrons. The zero-order valence-electron chi connectivity index (χ0n) is 11.2. The fourth-order valence-electron chi connectivity index (χ4n) is 2.04. The van der Waals surface area contributed by atoms with E-state index >= 15 is 0 Å². The van der Waals surface area contributed by atoms with Crippen molar-refractivity contribution in [3.63, 3.8) is 0 Å². The zero-order valence-corrected chi connectivity index (χ0v) is 11.2. The van der Waals surface area contributed by atoms with Crippen molar-refractivity contribution in [2.45, 2.75) is 33.4 Å². The number of aromatic nitrogens is 3. The summed E-state index contributed by atoms with van der Waals surface area (Å²) in [5, 5.41) is 0.486. The van der Waals surface area contributed by atoms with E-state index in [0.717, 1.165) is 6.42 Å². The van der Waals surface area contributed by atoms with Gasteiger partial charge in [0.25, 0.3) is 5.56 Å². The SMILES string of the molecule is C/C=C/Cn1c(=O)c2cccnc2n(CCC)c1=O. The van der Waals surface area contributed by atoms with Crippen molar-refractivity contribution in [1.29, 1.82) is 0 Å². The standard InChI is InChI=1S/C14H17N3O2/c1-3-5-10-17-13(18)11-7-6-8-15-12(11)16(9-4-2)14(17)19/h3,5-8H,4,9-10H2,1-2H3/b5-3+. The van der Waals surface area contributed by atoms with Gasteiger partial charge in [-0.05, 0) is 25.5 Å². The molecule has 5 nitrogen and oxygen atoms in total. The Labute approximate surface area is 110 Å². The minimum absolute atomic E-state index is 0.279. The van der Waals surface area contributed by atoms with E-state index in [1.54, 1.807) is 29.0 Å². The smallest absolute Gasteiger partial charge is 0.277 e. The fraction of sp³-hybridized carbons (Fsp3) is 0.357. The van der Waals surface area contributed by atoms with Crippen LogP contribution in [0.2, 0.25) is 0 Å². The summed E-state index contributed by atoms with van der Waals surface area (Å²) in [6, 6.07) is 3.42. The molecule has 0 aliphatic rings. The summed E-state index contributed by atoms with van der Waals surface area (Å²) in [6.07, 6.45) is 6.03. The van der Waals surface area contributed by atoms with Gasteiger partial charge in [0.1, 0.15) is 5.65 Å². The molecule has 2 aromatic heterocycles. The summed E-state index contributed by atoms with van der Waals surface area (Å²) in [4.78, 5) is 28.8. The van der Waals surface area contributed by atoms with Crippen LogP contribution in [-0.2, 0) is 13.1 Å². The maximum absolute atomic E-state index is 12.4. The van der Waals surface area contributed by atoms with Crippen LogP contribution in [0.1, 0.15) is 20.3 Å². The molecule has 0 N–H and O–H groups in total. The average molecular weight is 259 g/mol. The second-order valence-corrected chi connectivity index (χ2v) is 4.29. The first-order valence-corrected chi connectivity index (χ1v) is 6.40. The largest absolute Gasteiger partial charge is 0.332 e. The molecule has 0 amide bonds. The fourth-order valence-corrected chi connectivity index (χ4v) is 2.04. The van der Waals surface area contributed by atoms with Crippen molar-refractivity contribution in [3.8, 4) is 0 Å². The van der Waals surface area contributed by atoms with Crippen molar-refractivity contribution in [1.82, 2.24) is 14.1 Å². The van der Waals surface area contributed by atoms with Gasteiger partial charge in [-0.15, -0.1) is 0 Å². The van der Waals surface area contributed by atoms with Gasteiger partial charge in [0.2, 0.25) is 0 Å². The molecule has 0 aromatic carbocycles. The quantitative estimate of drug-likeness (QED) is 0.783. The van der Waals surface area contributed by atoms with Gasteiger partial charge in [-0.25, -0.2) is 9.78 Å². The number of pyridine rings is 1. The number of aryl methyl sites for hydroxylation is 1. The van der Waals surface area contributed by atoms with Gasteiger partial charge in [-0.3, -0.25) is 13.9 Å². The highest BCUT2D eigenvalue weighted by Crippen LogP contribution is 2.04. The number of allylic oxidation sites excluding steroid dienone is 2. The van der Waals surface area contributed by atoms with E-state index in [1.165, 1.54) is 4.57 Å². The van der Waals surface area contributed by atoms with Gasteiger partial charge >= 0.3 is 5.69 Å². The topological polar surface area (TPSA) is 56.9 Å². The maximum atomic E-state index is 12.4. The van der Waals surface area contributed by atoms with Gasteiger partial charge in [0.05, 0.1) is 5.39 Å². The second-order valence-electron chi connectivity index (χ2n) is 4.29. The lowest BCUT2D eigenvalue weighted by Gasteiger charge is -2.11. The Bertz CT molecular complexity index is 726. The highest BCUT2D eigenvalue weighted by atomic mass is 16.2. The molecule has 19 heavy (non-hydrogen) atoms. The normalized spacial score (nSPS) is 11.5. The molecule has 2 rings (SSSR count). The van der Waals surface area contributed by atoms with Gasteiger partial charge in [0, 0.05) is 19.3 Å². The van der Waals surface area contributed by atoms with Crippen LogP contribution in [0.4, 0.5) is 0 Å². The predicted molar refractivity (Wildman–Crippen MR) is 75.4 cm³/mol. The number of hydrogen-bond acceptors (Lipinski definition) is 3. The monoisotopic (exact) mass is 259 g/mol. The summed E-state index contributed by atoms with van der Waals surface area (Å²) in [6.45, 7) is 4.70. The minimum atomic E-state index is -0.295. The van der Waals surface area contributed by atoms with Crippen molar-refractivity contribution < 1.29 is 0 Å². The highest BCUT2D eigenvalue weighted by molar-refractivity contribution is 5.73. The van der Waals surface area contributed by atoms with E-state index in [2.05, 4.69) is 4.98 Å². The zero-order chi connectivity index (χ0) is 13.8. The van der Waals surface area contributed by atoms with Crippen LogP contribution in [0.5, 0.6) is 0 Å². The van der Waals surface area contributed by atoms with Gasteiger partial charge in [0.15, 0.2) is 0 Å². The van der Waals surface area contributed by atoms with Crippen LogP contribution in [0.15, 0.2) is 40.1 Å². The Hall–Kier alpha value is -2.17. The second kappa shape index (κ2) is 5.65. The third-order valence-corrected chi connectivity index (χ3v) is 2.95. The van der Waals surface area contributed by atoms with E-state index in [-0.39, 0.29) is 11.2 Å². The summed E-state index contributed by atoms with van der Waals surface area (Å²) >= 11 is 0. The number of rotatable bonds is 4. The van der Waals surface area contributed by atoms with Gasteiger partial charge < -0.3 is 0 Å². The van der Waals surface area contributed by atoms with Gasteiger partial charge in [-0.1, -0.05) is 19.1 Å². The number of fused-ring (bicyclic) bond motifs is 1. The van der Waals surface area contributed by atoms with Crippen molar-refractivity contribution in [2.24, 2.45) is 0 Å². The van der Waals surface area contributed by atoms with Crippen LogP contribution in [0.25, 0.3) is 11.0 Å². The number of hydrogen-bond donors (Lipinski definition) is 0. The first kappa shape index (κ1) is 13.3. The Morgan fingerprint density at radius 3 is 2.79 bits per heavy atom. The molecule has 100 valence electrons. The lowest BCUT2D eigenvalue weighted by molar-refractivity contribution is 0.593.